The average molecular weight is 1670 g/mol. The van der Waals surface area contributed by atoms with E-state index in [0.29, 0.717) is 31.4 Å². The molecule has 1 aliphatic rings. The van der Waals surface area contributed by atoms with Crippen LogP contribution in [0.3, 0.4) is 0 Å². The largest absolute Gasteiger partial charge is 0.481 e. The van der Waals surface area contributed by atoms with Gasteiger partial charge in [-0.05, 0) is 133 Å². The van der Waals surface area contributed by atoms with E-state index >= 15 is 0 Å². The second kappa shape index (κ2) is 52.1. The molecule has 0 spiro atoms. The lowest BCUT2D eigenvalue weighted by Crippen LogP contribution is -2.62. The van der Waals surface area contributed by atoms with Gasteiger partial charge in [-0.2, -0.15) is 11.8 Å². The van der Waals surface area contributed by atoms with Crippen molar-refractivity contribution < 1.29 is 107 Å². The van der Waals surface area contributed by atoms with E-state index in [-0.39, 0.29) is 93.9 Å². The van der Waals surface area contributed by atoms with E-state index < -0.39 is 236 Å². The average Bonchev–Trinajstić information content (AvgIpc) is 1.63. The number of imidazole rings is 1. The van der Waals surface area contributed by atoms with Crippen LogP contribution in [0.1, 0.15) is 179 Å². The van der Waals surface area contributed by atoms with Gasteiger partial charge in [-0.15, -0.1) is 0 Å². The van der Waals surface area contributed by atoms with Gasteiger partial charge in [0.2, 0.25) is 88.6 Å². The van der Waals surface area contributed by atoms with Crippen LogP contribution in [0, 0.1) is 29.6 Å². The van der Waals surface area contributed by atoms with Gasteiger partial charge >= 0.3 is 11.9 Å². The second-order valence-electron chi connectivity index (χ2n) is 30.9. The Morgan fingerprint density at radius 3 is 1.39 bits per heavy atom. The molecule has 41 nitrogen and oxygen atoms in total. The number of aliphatic carboxylic acids is 2. The third kappa shape index (κ3) is 36.2. The number of nitrogens with two attached hydrogens (primary N) is 3. The van der Waals surface area contributed by atoms with Crippen LogP contribution in [0.4, 0.5) is 0 Å². The predicted molar refractivity (Wildman–Crippen MR) is 423 cm³/mol. The van der Waals surface area contributed by atoms with Crippen molar-refractivity contribution >= 4 is 112 Å². The molecule has 0 aliphatic carbocycles. The van der Waals surface area contributed by atoms with E-state index in [4.69, 9.17) is 17.2 Å². The monoisotopic (exact) mass is 1670 g/mol. The number of aromatic amines is 1. The topological polar surface area (TPSA) is 658 Å². The van der Waals surface area contributed by atoms with E-state index in [1.54, 1.807) is 61.6 Å². The van der Waals surface area contributed by atoms with Crippen LogP contribution in [-0.2, 0) is 87.9 Å². The number of carbonyl (C=O) groups is 17. The van der Waals surface area contributed by atoms with E-state index in [1.807, 2.05) is 13.8 Å². The Bertz CT molecular complexity index is 3440. The molecule has 116 heavy (non-hydrogen) atoms. The van der Waals surface area contributed by atoms with E-state index in [2.05, 4.69) is 79.1 Å². The normalized spacial score (nSPS) is 16.9. The lowest BCUT2D eigenvalue weighted by atomic mass is 9.96. The molecule has 1 aromatic rings. The van der Waals surface area contributed by atoms with Crippen LogP contribution in [0.5, 0.6) is 0 Å². The number of rotatable bonds is 55. The SMILES string of the molecule is CC[C@H](C)[C@H](NC(=O)[C@@H]1CCCN1C(=O)[C@H](Cc1cnc[nH]1)NC(=O)[C@@H](N)CC(C)C)C(=O)N[C@@H](CC(C)C)C(=O)N[C@@H](CO)C(=O)N[C@@H](CC(C)C)C(=O)N[C@@H](CO)C(=O)N[C@@H](CCCCN)C(=O)N[C@@H](CCSC)C(=O)N[C@@H](CC(=O)O)C(=O)N[C@@H](CCC(N)=O)C(=O)N[C@H](C(=O)N[C@@H](CC(C)C)C(=O)N[C@@H](C)C(=O)O)[C@@H](C)O. The Hall–Kier alpha value is -9.65. The maximum atomic E-state index is 14.4. The van der Waals surface area contributed by atoms with Gasteiger partial charge in [0.1, 0.15) is 84.6 Å². The highest BCUT2D eigenvalue weighted by atomic mass is 32.2. The molecule has 2 rings (SSSR count). The molecule has 0 unspecified atom stereocenters. The number of carboxylic acid groups (broad SMARTS) is 2. The molecule has 1 aliphatic heterocycles. The zero-order valence-corrected chi connectivity index (χ0v) is 69.4. The maximum absolute atomic E-state index is 14.4. The number of nitrogens with one attached hydrogen (secondary N) is 14. The minimum Gasteiger partial charge on any atom is -0.481 e. The molecule has 0 bridgehead atoms. The molecule has 0 saturated carbocycles. The predicted octanol–water partition coefficient (Wildman–Crippen LogP) is -5.10. The summed E-state index contributed by atoms with van der Waals surface area (Å²) in [5, 5.41) is 83.1. The fourth-order valence-electron chi connectivity index (χ4n) is 12.3. The number of likely N-dealkylation sites (tertiary alicyclic amines) is 1. The van der Waals surface area contributed by atoms with Gasteiger partial charge in [0.15, 0.2) is 0 Å². The Labute approximate surface area is 680 Å². The summed E-state index contributed by atoms with van der Waals surface area (Å²) in [5.41, 5.74) is 17.9. The first-order chi connectivity index (χ1) is 54.4. The highest BCUT2D eigenvalue weighted by Gasteiger charge is 2.43. The number of hydrogen-bond acceptors (Lipinski definition) is 24. The first kappa shape index (κ1) is 102. The fourth-order valence-corrected chi connectivity index (χ4v) is 12.8. The van der Waals surface area contributed by atoms with Crippen molar-refractivity contribution in [2.75, 3.05) is 38.3 Å². The number of H-pyrrole nitrogens is 1. The Morgan fingerprint density at radius 2 is 0.948 bits per heavy atom. The zero-order valence-electron chi connectivity index (χ0n) is 68.6. The van der Waals surface area contributed by atoms with Gasteiger partial charge in [0.05, 0.1) is 38.1 Å². The van der Waals surface area contributed by atoms with Gasteiger partial charge in [0, 0.05) is 31.3 Å². The van der Waals surface area contributed by atoms with Gasteiger partial charge in [-0.3, -0.25) is 81.5 Å². The summed E-state index contributed by atoms with van der Waals surface area (Å²) in [6.07, 6.45) is 1.64. The maximum Gasteiger partial charge on any atom is 0.325 e. The summed E-state index contributed by atoms with van der Waals surface area (Å²) in [6, 6.07) is -22.7. The van der Waals surface area contributed by atoms with Gasteiger partial charge in [0.25, 0.3) is 0 Å². The number of nitrogens with zero attached hydrogens (tertiary/aromatic N) is 2. The molecular weight excluding hydrogens is 1540 g/mol. The van der Waals surface area contributed by atoms with E-state index in [1.165, 1.54) is 36.1 Å². The number of amides is 15. The quantitative estimate of drug-likeness (QED) is 0.0271. The molecule has 1 fully saturated rings. The van der Waals surface area contributed by atoms with Crippen LogP contribution in [0.15, 0.2) is 12.5 Å². The molecule has 42 heteroatoms. The van der Waals surface area contributed by atoms with E-state index in [0.717, 1.165) is 6.92 Å². The van der Waals surface area contributed by atoms with Crippen LogP contribution in [-0.4, -0.2) is 276 Å². The van der Waals surface area contributed by atoms with Crippen molar-refractivity contribution in [2.45, 2.75) is 276 Å². The van der Waals surface area contributed by atoms with Crippen LogP contribution in [0.2, 0.25) is 0 Å². The second-order valence-corrected chi connectivity index (χ2v) is 31.9. The first-order valence-corrected chi connectivity index (χ1v) is 40.6. The number of thioether (sulfide) groups is 1. The fraction of sp³-hybridized carbons (Fsp3) is 0.730. The number of aromatic nitrogens is 2. The summed E-state index contributed by atoms with van der Waals surface area (Å²) in [5.74, 6) is -19.0. The number of aliphatic hydroxyl groups excluding tert-OH is 3. The highest BCUT2D eigenvalue weighted by molar-refractivity contribution is 7.98. The van der Waals surface area contributed by atoms with Crippen LogP contribution in [0.25, 0.3) is 0 Å². The smallest absolute Gasteiger partial charge is 0.325 e. The number of carboxylic acids is 2. The van der Waals surface area contributed by atoms with E-state index in [9.17, 15) is 107 Å². The van der Waals surface area contributed by atoms with Crippen molar-refractivity contribution in [3.8, 4) is 0 Å². The summed E-state index contributed by atoms with van der Waals surface area (Å²) < 4.78 is 0. The van der Waals surface area contributed by atoms with Gasteiger partial charge < -0.3 is 122 Å². The third-order valence-electron chi connectivity index (χ3n) is 18.9. The minimum absolute atomic E-state index is 0.00164. The van der Waals surface area contributed by atoms with Crippen molar-refractivity contribution in [1.82, 2.24) is 84.0 Å². The summed E-state index contributed by atoms with van der Waals surface area (Å²) in [7, 11) is 0. The number of unbranched alkanes of at least 4 members (excludes halogenated alkanes) is 1. The standard InChI is InChI=1S/C74H127N19O22S/c1-14-40(10)58(91-70(110)55-19-17-24-93(55)73(113)52(30-43-32-78-35-79-43)88-60(100)44(76)26-36(2)3)71(111)86-50(29-39(8)9)66(106)90-54(34-95)69(109)84-49(28-38(6)7)65(105)89-53(33-94)68(108)81-45(18-15-16-23-75)61(101)83-47(22-25-116-13)62(102)85-51(31-57(98)99)67(107)82-46(20-21-56(77)97)63(103)92-59(42(12)96)72(112)87-48(27-37(4)5)64(104)80-41(11)74(114)115/h32,35-42,44-55,58-59,94-96H,14-31,33-34,75-76H2,1-13H3,(H2,77,97)(H,78,79)(H,80,104)(H,81,108)(H,82,107)(H,83,101)(H,84,109)(H,85,102)(H,86,111)(H,87,112)(H,88,100)(H,89,105)(H,90,106)(H,91,110)(H,92,103)(H,98,99)(H,114,115)/t40-,41-,42+,44-,45-,46-,47-,48-,49-,50-,51-,52-,53-,54-,55-,58-,59-/m0/s1. The summed E-state index contributed by atoms with van der Waals surface area (Å²) in [6.45, 7) is 17.8. The first-order valence-electron chi connectivity index (χ1n) is 39.2. The Kier molecular flexibility index (Phi) is 46.0. The minimum atomic E-state index is -2.05. The number of aliphatic hydroxyl groups is 3. The summed E-state index contributed by atoms with van der Waals surface area (Å²) in [4.78, 5) is 241. The molecule has 15 amide bonds. The molecular formula is C74H127N19O22S. The molecule has 25 N–H and O–H groups in total. The van der Waals surface area contributed by atoms with Crippen LogP contribution < -0.4 is 86.3 Å². The molecule has 656 valence electrons. The van der Waals surface area contributed by atoms with Crippen LogP contribution >= 0.6 is 11.8 Å². The van der Waals surface area contributed by atoms with Gasteiger partial charge in [-0.25, -0.2) is 4.98 Å². The molecule has 1 saturated heterocycles. The lowest BCUT2D eigenvalue weighted by molar-refractivity contribution is -0.142. The summed E-state index contributed by atoms with van der Waals surface area (Å²) >= 11 is 1.20. The Morgan fingerprint density at radius 1 is 0.526 bits per heavy atom. The molecule has 17 atom stereocenters. The number of hydrogen-bond donors (Lipinski definition) is 22. The lowest BCUT2D eigenvalue weighted by Gasteiger charge is -2.32. The third-order valence-corrected chi connectivity index (χ3v) is 19.5. The molecule has 0 aromatic carbocycles. The highest BCUT2D eigenvalue weighted by Crippen LogP contribution is 2.22. The zero-order chi connectivity index (χ0) is 88.0. The van der Waals surface area contributed by atoms with Crippen molar-refractivity contribution in [2.24, 2.45) is 46.8 Å². The van der Waals surface area contributed by atoms with Gasteiger partial charge in [-0.1, -0.05) is 75.7 Å². The Balaban J connectivity index is 2.41. The van der Waals surface area contributed by atoms with Crippen molar-refractivity contribution in [3.63, 3.8) is 0 Å². The number of primary amides is 1. The number of carbonyl (C=O) groups excluding carboxylic acids is 15. The van der Waals surface area contributed by atoms with Crippen molar-refractivity contribution in [3.05, 3.63) is 18.2 Å². The molecule has 2 heterocycles. The molecule has 0 radical (unpaired) electrons. The molecule has 1 aromatic heterocycles. The van der Waals surface area contributed by atoms with Crippen molar-refractivity contribution in [1.29, 1.82) is 0 Å².